The van der Waals surface area contributed by atoms with E-state index < -0.39 is 54.6 Å². The first kappa shape index (κ1) is 18.8. The molecular weight excluding hydrogens is 316 g/mol. The lowest BCUT2D eigenvalue weighted by Crippen LogP contribution is -2.63. The van der Waals surface area contributed by atoms with Crippen LogP contribution in [0.25, 0.3) is 0 Å². The molecule has 0 aromatic heterocycles. The second-order valence-corrected chi connectivity index (χ2v) is 4.69. The molecule has 1 aliphatic heterocycles. The van der Waals surface area contributed by atoms with Crippen LogP contribution in [0.2, 0.25) is 0 Å². The first-order valence-corrected chi connectivity index (χ1v) is 6.60. The standard InChI is InChI=1S/C13H18O10/c1-5(14)20-8-9(21-6(2)15)11(22-7(3)16)13(18)23-10(8)12(17)19-4/h8-11,13,18H,1-4H3/t8-,9+,10-,11+,13+/m0/s1. The van der Waals surface area contributed by atoms with Crippen molar-refractivity contribution in [1.29, 1.82) is 0 Å². The van der Waals surface area contributed by atoms with Gasteiger partial charge in [0.1, 0.15) is 0 Å². The molecule has 1 aliphatic rings. The molecule has 0 unspecified atom stereocenters. The van der Waals surface area contributed by atoms with Crippen molar-refractivity contribution in [2.75, 3.05) is 7.11 Å². The summed E-state index contributed by atoms with van der Waals surface area (Å²) in [4.78, 5) is 45.5. The number of methoxy groups -OCH3 is 1. The van der Waals surface area contributed by atoms with Crippen LogP contribution in [0, 0.1) is 0 Å². The Morgan fingerprint density at radius 3 is 1.70 bits per heavy atom. The van der Waals surface area contributed by atoms with Crippen molar-refractivity contribution < 1.29 is 48.0 Å². The molecule has 0 aromatic rings. The topological polar surface area (TPSA) is 135 Å². The van der Waals surface area contributed by atoms with Gasteiger partial charge in [-0.15, -0.1) is 0 Å². The molecule has 0 aliphatic carbocycles. The zero-order valence-corrected chi connectivity index (χ0v) is 13.0. The van der Waals surface area contributed by atoms with Gasteiger partial charge in [0.15, 0.2) is 30.7 Å². The molecule has 0 bridgehead atoms. The van der Waals surface area contributed by atoms with E-state index in [1.54, 1.807) is 0 Å². The minimum atomic E-state index is -1.79. The molecule has 0 amide bonds. The summed E-state index contributed by atoms with van der Waals surface area (Å²) in [7, 11) is 1.06. The van der Waals surface area contributed by atoms with Crippen molar-refractivity contribution in [3.8, 4) is 0 Å². The Balaban J connectivity index is 3.21. The Morgan fingerprint density at radius 1 is 0.826 bits per heavy atom. The third-order valence-electron chi connectivity index (χ3n) is 2.85. The smallest absolute Gasteiger partial charge is 0.339 e. The summed E-state index contributed by atoms with van der Waals surface area (Å²) in [6.45, 7) is 3.18. The van der Waals surface area contributed by atoms with Gasteiger partial charge in [-0.25, -0.2) is 4.79 Å². The van der Waals surface area contributed by atoms with Crippen LogP contribution in [0.5, 0.6) is 0 Å². The fraction of sp³-hybridized carbons (Fsp3) is 0.692. The Morgan fingerprint density at radius 2 is 1.26 bits per heavy atom. The van der Waals surface area contributed by atoms with Gasteiger partial charge >= 0.3 is 23.9 Å². The van der Waals surface area contributed by atoms with Gasteiger partial charge in [-0.1, -0.05) is 0 Å². The lowest BCUT2D eigenvalue weighted by molar-refractivity contribution is -0.289. The lowest BCUT2D eigenvalue weighted by Gasteiger charge is -2.41. The predicted octanol–water partition coefficient (Wildman–Crippen LogP) is -1.33. The molecule has 0 aromatic carbocycles. The Hall–Kier alpha value is -2.20. The van der Waals surface area contributed by atoms with E-state index in [1.165, 1.54) is 0 Å². The van der Waals surface area contributed by atoms with Gasteiger partial charge in [-0.3, -0.25) is 14.4 Å². The first-order valence-electron chi connectivity index (χ1n) is 6.60. The molecule has 1 heterocycles. The average molecular weight is 334 g/mol. The van der Waals surface area contributed by atoms with Gasteiger partial charge in [0.2, 0.25) is 0 Å². The quantitative estimate of drug-likeness (QED) is 0.486. The monoisotopic (exact) mass is 334 g/mol. The van der Waals surface area contributed by atoms with Gasteiger partial charge in [0.05, 0.1) is 7.11 Å². The van der Waals surface area contributed by atoms with E-state index in [2.05, 4.69) is 4.74 Å². The van der Waals surface area contributed by atoms with Crippen LogP contribution in [-0.2, 0) is 42.9 Å². The number of hydrogen-bond acceptors (Lipinski definition) is 10. The number of carbonyl (C=O) groups is 4. The Bertz CT molecular complexity index is 487. The number of aliphatic hydroxyl groups is 1. The normalized spacial score (nSPS) is 30.0. The highest BCUT2D eigenvalue weighted by Crippen LogP contribution is 2.28. The molecule has 10 heteroatoms. The third kappa shape index (κ3) is 4.89. The van der Waals surface area contributed by atoms with Crippen LogP contribution < -0.4 is 0 Å². The molecular formula is C13H18O10. The molecule has 10 nitrogen and oxygen atoms in total. The van der Waals surface area contributed by atoms with Gasteiger partial charge in [-0.2, -0.15) is 0 Å². The highest BCUT2D eigenvalue weighted by Gasteiger charge is 2.54. The van der Waals surface area contributed by atoms with E-state index in [4.69, 9.17) is 18.9 Å². The maximum Gasteiger partial charge on any atom is 0.339 e. The molecule has 1 saturated heterocycles. The van der Waals surface area contributed by atoms with Crippen LogP contribution in [0.15, 0.2) is 0 Å². The van der Waals surface area contributed by atoms with Gasteiger partial charge in [0.25, 0.3) is 0 Å². The van der Waals surface area contributed by atoms with Crippen LogP contribution in [0.4, 0.5) is 0 Å². The van der Waals surface area contributed by atoms with E-state index in [0.29, 0.717) is 0 Å². The van der Waals surface area contributed by atoms with E-state index in [-0.39, 0.29) is 0 Å². The molecule has 0 radical (unpaired) electrons. The van der Waals surface area contributed by atoms with Crippen molar-refractivity contribution in [3.63, 3.8) is 0 Å². The molecule has 0 saturated carbocycles. The summed E-state index contributed by atoms with van der Waals surface area (Å²) in [6.07, 6.45) is -7.75. The third-order valence-corrected chi connectivity index (χ3v) is 2.85. The number of ether oxygens (including phenoxy) is 5. The summed E-state index contributed by atoms with van der Waals surface area (Å²) >= 11 is 0. The summed E-state index contributed by atoms with van der Waals surface area (Å²) in [6, 6.07) is 0. The van der Waals surface area contributed by atoms with Gasteiger partial charge < -0.3 is 28.8 Å². The number of hydrogen-bond donors (Lipinski definition) is 1. The van der Waals surface area contributed by atoms with Crippen molar-refractivity contribution >= 4 is 23.9 Å². The van der Waals surface area contributed by atoms with Crippen LogP contribution in [0.3, 0.4) is 0 Å². The van der Waals surface area contributed by atoms with Crippen LogP contribution in [0.1, 0.15) is 20.8 Å². The summed E-state index contributed by atoms with van der Waals surface area (Å²) in [5, 5.41) is 9.93. The summed E-state index contributed by atoms with van der Waals surface area (Å²) in [5.41, 5.74) is 0. The summed E-state index contributed by atoms with van der Waals surface area (Å²) in [5.74, 6) is -3.37. The Labute approximate surface area is 131 Å². The number of esters is 4. The molecule has 1 fully saturated rings. The van der Waals surface area contributed by atoms with Gasteiger partial charge in [0, 0.05) is 20.8 Å². The highest BCUT2D eigenvalue weighted by atomic mass is 16.7. The molecule has 130 valence electrons. The fourth-order valence-corrected chi connectivity index (χ4v) is 2.10. The summed E-state index contributed by atoms with van der Waals surface area (Å²) < 4.78 is 24.3. The second-order valence-electron chi connectivity index (χ2n) is 4.69. The highest BCUT2D eigenvalue weighted by molar-refractivity contribution is 5.77. The molecule has 5 atom stereocenters. The Kier molecular flexibility index (Phi) is 6.46. The van der Waals surface area contributed by atoms with Crippen molar-refractivity contribution in [1.82, 2.24) is 0 Å². The average Bonchev–Trinajstić information content (AvgIpc) is 2.43. The molecule has 23 heavy (non-hydrogen) atoms. The number of rotatable bonds is 4. The zero-order valence-electron chi connectivity index (χ0n) is 13.0. The number of carbonyl (C=O) groups excluding carboxylic acids is 4. The molecule has 0 spiro atoms. The first-order chi connectivity index (χ1) is 10.7. The minimum Gasteiger partial charge on any atom is -0.467 e. The predicted molar refractivity (Wildman–Crippen MR) is 69.6 cm³/mol. The maximum absolute atomic E-state index is 11.8. The van der Waals surface area contributed by atoms with Crippen molar-refractivity contribution in [3.05, 3.63) is 0 Å². The van der Waals surface area contributed by atoms with E-state index in [0.717, 1.165) is 27.9 Å². The SMILES string of the molecule is COC(=O)[C@H]1O[C@@H](O)[C@H](OC(C)=O)[C@H](OC(C)=O)[C@@H]1OC(C)=O. The van der Waals surface area contributed by atoms with E-state index in [9.17, 15) is 24.3 Å². The maximum atomic E-state index is 11.8. The van der Waals surface area contributed by atoms with E-state index in [1.807, 2.05) is 0 Å². The van der Waals surface area contributed by atoms with Crippen molar-refractivity contribution in [2.45, 2.75) is 51.5 Å². The van der Waals surface area contributed by atoms with Crippen LogP contribution >= 0.6 is 0 Å². The fourth-order valence-electron chi connectivity index (χ4n) is 2.10. The second kappa shape index (κ2) is 7.88. The van der Waals surface area contributed by atoms with Crippen molar-refractivity contribution in [2.24, 2.45) is 0 Å². The lowest BCUT2D eigenvalue weighted by atomic mass is 9.98. The minimum absolute atomic E-state index is 0.798. The van der Waals surface area contributed by atoms with Gasteiger partial charge in [-0.05, 0) is 0 Å². The zero-order chi connectivity index (χ0) is 17.7. The largest absolute Gasteiger partial charge is 0.467 e. The number of aliphatic hydroxyl groups excluding tert-OH is 1. The molecule has 1 rings (SSSR count). The van der Waals surface area contributed by atoms with E-state index >= 15 is 0 Å². The van der Waals surface area contributed by atoms with Crippen LogP contribution in [-0.4, -0.2) is 66.8 Å². The molecule has 1 N–H and O–H groups in total.